The fourth-order valence-electron chi connectivity index (χ4n) is 6.17. The maximum absolute atomic E-state index is 12.5. The average Bonchev–Trinajstić information content (AvgIpc) is 3.40. The van der Waals surface area contributed by atoms with Crippen LogP contribution in [0.4, 0.5) is 0 Å². The molecule has 0 saturated heterocycles. The fourth-order valence-corrected chi connectivity index (χ4v) is 6.97. The molecule has 0 bridgehead atoms. The first-order chi connectivity index (χ1) is 35.8. The molecule has 16 nitrogen and oxygen atoms in total. The van der Waals surface area contributed by atoms with Crippen LogP contribution in [-0.2, 0) is 38.2 Å². The molecule has 0 radical (unpaired) electrons. The van der Waals surface area contributed by atoms with E-state index in [1.54, 1.807) is 48.5 Å². The summed E-state index contributed by atoms with van der Waals surface area (Å²) < 4.78 is 41.6. The second-order valence-corrected chi connectivity index (χ2v) is 17.6. The third-order valence-corrected chi connectivity index (χ3v) is 11.2. The summed E-state index contributed by atoms with van der Waals surface area (Å²) >= 11 is 6.72. The summed E-state index contributed by atoms with van der Waals surface area (Å²) in [5.41, 5.74) is 0.583. The van der Waals surface area contributed by atoms with Crippen molar-refractivity contribution in [3.05, 3.63) is 133 Å². The molecular formula is C56H62Br2O16. The molecule has 0 heterocycles. The van der Waals surface area contributed by atoms with Crippen LogP contribution in [0.3, 0.4) is 0 Å². The highest BCUT2D eigenvalue weighted by molar-refractivity contribution is 9.09. The Hall–Kier alpha value is -6.92. The minimum Gasteiger partial charge on any atom is -0.463 e. The van der Waals surface area contributed by atoms with E-state index in [0.29, 0.717) is 85.7 Å². The molecule has 0 saturated carbocycles. The maximum Gasteiger partial charge on any atom is 0.343 e. The van der Waals surface area contributed by atoms with Gasteiger partial charge >= 0.3 is 47.8 Å². The van der Waals surface area contributed by atoms with E-state index >= 15 is 0 Å². The van der Waals surface area contributed by atoms with E-state index in [0.717, 1.165) is 61.3 Å². The van der Waals surface area contributed by atoms with E-state index in [4.69, 9.17) is 37.9 Å². The largest absolute Gasteiger partial charge is 0.463 e. The van der Waals surface area contributed by atoms with Crippen molar-refractivity contribution in [3.63, 3.8) is 0 Å². The molecule has 0 aliphatic heterocycles. The van der Waals surface area contributed by atoms with E-state index in [2.05, 4.69) is 45.0 Å². The van der Waals surface area contributed by atoms with Gasteiger partial charge in [0.2, 0.25) is 0 Å². The van der Waals surface area contributed by atoms with Crippen LogP contribution < -0.4 is 28.4 Å². The number of hydrogen-bond acceptors (Lipinski definition) is 16. The zero-order valence-electron chi connectivity index (χ0n) is 41.2. The molecule has 0 spiro atoms. The van der Waals surface area contributed by atoms with Crippen LogP contribution in [0.25, 0.3) is 0 Å². The maximum atomic E-state index is 12.5. The van der Waals surface area contributed by atoms with Gasteiger partial charge in [0.1, 0.15) is 34.5 Å². The van der Waals surface area contributed by atoms with Crippen LogP contribution in [0.2, 0.25) is 0 Å². The lowest BCUT2D eigenvalue weighted by molar-refractivity contribution is -0.138. The molecule has 4 aromatic carbocycles. The molecule has 18 heteroatoms. The lowest BCUT2D eigenvalue weighted by atomic mass is 10.2. The molecule has 0 fully saturated rings. The van der Waals surface area contributed by atoms with Gasteiger partial charge in [-0.2, -0.15) is 0 Å². The number of ether oxygens (including phenoxy) is 8. The highest BCUT2D eigenvalue weighted by Crippen LogP contribution is 2.23. The van der Waals surface area contributed by atoms with Crippen molar-refractivity contribution < 1.29 is 76.3 Å². The summed E-state index contributed by atoms with van der Waals surface area (Å²) in [5.74, 6) is -1.48. The third kappa shape index (κ3) is 27.2. The number of benzene rings is 4. The van der Waals surface area contributed by atoms with Crippen molar-refractivity contribution in [1.82, 2.24) is 0 Å². The SMILES string of the molecule is C=CC(=O)OCCCCCC(=O)Oc1ccc(OC(=O)c2ccc(OC(=O)CCCCCOC(=O)C=C)cc2)cc1.O=C(CCCCCBr)Oc1ccc(OC(=O)c2ccc(OC(=O)CCCCCBr)cc2)cc1. The Kier molecular flexibility index (Phi) is 30.6. The van der Waals surface area contributed by atoms with Gasteiger partial charge in [-0.05, 0) is 161 Å². The topological polar surface area (TPSA) is 210 Å². The Balaban J connectivity index is 0.000000399. The zero-order chi connectivity index (χ0) is 53.8. The van der Waals surface area contributed by atoms with Crippen LogP contribution in [0.15, 0.2) is 122 Å². The van der Waals surface area contributed by atoms with Crippen molar-refractivity contribution >= 4 is 79.6 Å². The molecule has 74 heavy (non-hydrogen) atoms. The van der Waals surface area contributed by atoms with Gasteiger partial charge < -0.3 is 37.9 Å². The van der Waals surface area contributed by atoms with Gasteiger partial charge in [-0.15, -0.1) is 0 Å². The van der Waals surface area contributed by atoms with Crippen LogP contribution in [0.5, 0.6) is 34.5 Å². The van der Waals surface area contributed by atoms with E-state index < -0.39 is 35.8 Å². The molecule has 0 atom stereocenters. The molecule has 0 aliphatic rings. The Morgan fingerprint density at radius 2 is 0.581 bits per heavy atom. The highest BCUT2D eigenvalue weighted by Gasteiger charge is 2.14. The van der Waals surface area contributed by atoms with Gasteiger partial charge in [0.05, 0.1) is 24.3 Å². The van der Waals surface area contributed by atoms with E-state index in [9.17, 15) is 38.4 Å². The highest BCUT2D eigenvalue weighted by atomic mass is 79.9. The minimum atomic E-state index is -0.608. The normalized spacial score (nSPS) is 10.3. The minimum absolute atomic E-state index is 0.208. The number of alkyl halides is 2. The lowest BCUT2D eigenvalue weighted by Crippen LogP contribution is -2.10. The van der Waals surface area contributed by atoms with Crippen LogP contribution >= 0.6 is 31.9 Å². The molecule has 0 unspecified atom stereocenters. The number of carbonyl (C=O) groups excluding carboxylic acids is 8. The average molecular weight is 1150 g/mol. The molecule has 0 N–H and O–H groups in total. The first kappa shape index (κ1) is 61.4. The van der Waals surface area contributed by atoms with Gasteiger partial charge in [-0.3, -0.25) is 19.2 Å². The summed E-state index contributed by atoms with van der Waals surface area (Å²) in [5, 5.41) is 1.85. The van der Waals surface area contributed by atoms with Crippen LogP contribution in [0.1, 0.15) is 123 Å². The predicted octanol–water partition coefficient (Wildman–Crippen LogP) is 11.9. The van der Waals surface area contributed by atoms with Gasteiger partial charge in [0, 0.05) is 48.5 Å². The van der Waals surface area contributed by atoms with E-state index in [1.165, 1.54) is 48.5 Å². The standard InChI is InChI=1S/C31H34O10.C25H28Br2O6/c1-3-27(32)37-21-9-5-7-11-29(34)39-24-15-13-23(14-16-24)31(36)41-26-19-17-25(18-20-26)40-30(35)12-8-6-10-22-38-28(33)4-2;26-17-5-1-3-7-23(28)31-20-11-9-19(10-12-20)25(30)33-22-15-13-21(14-16-22)32-24(29)8-4-2-6-18-27/h3-4,13-20H,1-2,5-12,21-22H2;9-16H,1-8,17-18H2. The molecule has 4 rings (SSSR count). The molecule has 0 amide bonds. The predicted molar refractivity (Wildman–Crippen MR) is 282 cm³/mol. The molecule has 4 aromatic rings. The fraction of sp³-hybridized carbons (Fsp3) is 0.357. The first-order valence-electron chi connectivity index (χ1n) is 24.2. The van der Waals surface area contributed by atoms with Crippen LogP contribution in [0, 0.1) is 0 Å². The second-order valence-electron chi connectivity index (χ2n) is 16.0. The summed E-state index contributed by atoms with van der Waals surface area (Å²) in [6, 6.07) is 24.5. The zero-order valence-corrected chi connectivity index (χ0v) is 44.4. The van der Waals surface area contributed by atoms with Gasteiger partial charge in [0.15, 0.2) is 0 Å². The Labute approximate surface area is 448 Å². The molecule has 0 aliphatic carbocycles. The first-order valence-corrected chi connectivity index (χ1v) is 26.4. The molecule has 0 aromatic heterocycles. The monoisotopic (exact) mass is 1150 g/mol. The summed E-state index contributed by atoms with van der Waals surface area (Å²) in [6.07, 6.45) is 12.8. The van der Waals surface area contributed by atoms with Crippen molar-refractivity contribution in [1.29, 1.82) is 0 Å². The summed E-state index contributed by atoms with van der Waals surface area (Å²) in [4.78, 5) is 94.4. The van der Waals surface area contributed by atoms with Gasteiger partial charge in [0.25, 0.3) is 0 Å². The summed E-state index contributed by atoms with van der Waals surface area (Å²) in [6.45, 7) is 7.18. The summed E-state index contributed by atoms with van der Waals surface area (Å²) in [7, 11) is 0. The molecular weight excluding hydrogens is 1090 g/mol. The number of hydrogen-bond donors (Lipinski definition) is 0. The van der Waals surface area contributed by atoms with Crippen molar-refractivity contribution in [2.45, 2.75) is 103 Å². The number of esters is 8. The van der Waals surface area contributed by atoms with E-state index in [1.807, 2.05) is 0 Å². The van der Waals surface area contributed by atoms with Gasteiger partial charge in [-0.25, -0.2) is 19.2 Å². The van der Waals surface area contributed by atoms with Crippen molar-refractivity contribution in [3.8, 4) is 34.5 Å². The third-order valence-electron chi connectivity index (χ3n) is 10.1. The number of unbranched alkanes of at least 4 members (excludes halogenated alkanes) is 8. The number of carbonyl (C=O) groups is 8. The Morgan fingerprint density at radius 1 is 0.338 bits per heavy atom. The number of rotatable bonds is 32. The van der Waals surface area contributed by atoms with Crippen molar-refractivity contribution in [2.75, 3.05) is 23.9 Å². The second kappa shape index (κ2) is 36.9. The Morgan fingerprint density at radius 3 is 0.838 bits per heavy atom. The quantitative estimate of drug-likeness (QED) is 0.0146. The van der Waals surface area contributed by atoms with Gasteiger partial charge in [-0.1, -0.05) is 57.9 Å². The van der Waals surface area contributed by atoms with Crippen LogP contribution in [-0.4, -0.2) is 71.6 Å². The lowest BCUT2D eigenvalue weighted by Gasteiger charge is -2.08. The smallest absolute Gasteiger partial charge is 0.343 e. The van der Waals surface area contributed by atoms with Crippen molar-refractivity contribution in [2.24, 2.45) is 0 Å². The van der Waals surface area contributed by atoms with E-state index in [-0.39, 0.29) is 49.3 Å². The molecule has 396 valence electrons. The Bertz CT molecular complexity index is 2400. The number of halogens is 2.